The first kappa shape index (κ1) is 23.2. The molecule has 30 heavy (non-hydrogen) atoms. The average Bonchev–Trinajstić information content (AvgIpc) is 3.35. The van der Waals surface area contributed by atoms with Crippen molar-refractivity contribution < 1.29 is 0 Å². The first-order valence-corrected chi connectivity index (χ1v) is 14.4. The minimum Gasteiger partial charge on any atom is -0.0651 e. The molecule has 0 aromatic heterocycles. The Bertz CT molecular complexity index is 521. The Kier molecular flexibility index (Phi) is 7.62. The van der Waals surface area contributed by atoms with E-state index in [2.05, 4.69) is 34.6 Å². The van der Waals surface area contributed by atoms with Crippen molar-refractivity contribution in [1.82, 2.24) is 0 Å². The lowest BCUT2D eigenvalue weighted by Gasteiger charge is -2.43. The molecule has 0 spiro atoms. The van der Waals surface area contributed by atoms with Crippen molar-refractivity contribution in [2.24, 2.45) is 58.7 Å². The second kappa shape index (κ2) is 9.87. The van der Waals surface area contributed by atoms with Crippen molar-refractivity contribution in [1.29, 1.82) is 0 Å². The van der Waals surface area contributed by atoms with Gasteiger partial charge in [-0.2, -0.15) is 0 Å². The van der Waals surface area contributed by atoms with E-state index in [1.807, 2.05) is 0 Å². The lowest BCUT2D eigenvalue weighted by Crippen LogP contribution is -2.33. The summed E-state index contributed by atoms with van der Waals surface area (Å²) < 4.78 is 0. The van der Waals surface area contributed by atoms with Crippen LogP contribution in [0.5, 0.6) is 0 Å². The summed E-state index contributed by atoms with van der Waals surface area (Å²) in [6, 6.07) is 0. The van der Waals surface area contributed by atoms with Crippen LogP contribution in [-0.4, -0.2) is 0 Å². The fourth-order valence-corrected chi connectivity index (χ4v) is 9.07. The highest BCUT2D eigenvalue weighted by molar-refractivity contribution is 4.94. The summed E-state index contributed by atoms with van der Waals surface area (Å²) in [7, 11) is 0. The second-order valence-corrected chi connectivity index (χ2v) is 13.6. The fourth-order valence-electron chi connectivity index (χ4n) is 9.07. The van der Waals surface area contributed by atoms with Crippen LogP contribution in [-0.2, 0) is 0 Å². The summed E-state index contributed by atoms with van der Waals surface area (Å²) in [6.07, 6.45) is 23.2. The number of rotatable bonds is 5. The first-order chi connectivity index (χ1) is 14.4. The lowest BCUT2D eigenvalue weighted by atomic mass is 9.63. The van der Waals surface area contributed by atoms with Gasteiger partial charge < -0.3 is 0 Å². The number of hydrogen-bond acceptors (Lipinski definition) is 0. The van der Waals surface area contributed by atoms with Gasteiger partial charge in [0.25, 0.3) is 0 Å². The molecule has 174 valence electrons. The molecule has 0 saturated heterocycles. The molecule has 0 N–H and O–H groups in total. The monoisotopic (exact) mass is 414 g/mol. The van der Waals surface area contributed by atoms with E-state index in [0.29, 0.717) is 5.41 Å². The highest BCUT2D eigenvalue weighted by atomic mass is 14.5. The summed E-state index contributed by atoms with van der Waals surface area (Å²) in [4.78, 5) is 0. The van der Waals surface area contributed by atoms with Gasteiger partial charge in [-0.3, -0.25) is 0 Å². The van der Waals surface area contributed by atoms with Gasteiger partial charge >= 0.3 is 0 Å². The zero-order valence-corrected chi connectivity index (χ0v) is 21.3. The molecule has 4 aliphatic rings. The van der Waals surface area contributed by atoms with Crippen LogP contribution >= 0.6 is 0 Å². The Morgan fingerprint density at radius 3 is 2.03 bits per heavy atom. The van der Waals surface area contributed by atoms with Crippen molar-refractivity contribution in [3.8, 4) is 0 Å². The third kappa shape index (κ3) is 5.14. The molecule has 0 aliphatic heterocycles. The quantitative estimate of drug-likeness (QED) is 0.420. The second-order valence-electron chi connectivity index (χ2n) is 13.6. The van der Waals surface area contributed by atoms with Crippen LogP contribution in [0.15, 0.2) is 0 Å². The van der Waals surface area contributed by atoms with Crippen molar-refractivity contribution in [2.45, 2.75) is 131 Å². The van der Waals surface area contributed by atoms with E-state index in [-0.39, 0.29) is 0 Å². The van der Waals surface area contributed by atoms with Crippen LogP contribution in [0.2, 0.25) is 0 Å². The smallest absolute Gasteiger partial charge is 0.0354 e. The van der Waals surface area contributed by atoms with Gasteiger partial charge in [0, 0.05) is 0 Å². The summed E-state index contributed by atoms with van der Waals surface area (Å²) in [5.74, 6) is 9.47. The van der Waals surface area contributed by atoms with Crippen LogP contribution in [0.25, 0.3) is 0 Å². The molecule has 8 atom stereocenters. The molecule has 0 aromatic rings. The third-order valence-corrected chi connectivity index (χ3v) is 11.2. The summed E-state index contributed by atoms with van der Waals surface area (Å²) in [5.41, 5.74) is 0.515. The Morgan fingerprint density at radius 2 is 1.33 bits per heavy atom. The van der Waals surface area contributed by atoms with E-state index in [1.54, 1.807) is 51.4 Å². The van der Waals surface area contributed by atoms with Gasteiger partial charge in [-0.25, -0.2) is 0 Å². The van der Waals surface area contributed by atoms with Gasteiger partial charge in [0.05, 0.1) is 0 Å². The predicted octanol–water partition coefficient (Wildman–Crippen LogP) is 9.52. The van der Waals surface area contributed by atoms with E-state index >= 15 is 0 Å². The molecule has 0 bridgehead atoms. The van der Waals surface area contributed by atoms with Gasteiger partial charge in [0.2, 0.25) is 0 Å². The van der Waals surface area contributed by atoms with E-state index in [9.17, 15) is 0 Å². The molecule has 4 fully saturated rings. The van der Waals surface area contributed by atoms with Gasteiger partial charge in [-0.15, -0.1) is 0 Å². The average molecular weight is 415 g/mol. The molecule has 0 amide bonds. The highest BCUT2D eigenvalue weighted by Crippen LogP contribution is 2.53. The van der Waals surface area contributed by atoms with Crippen molar-refractivity contribution in [2.75, 3.05) is 0 Å². The van der Waals surface area contributed by atoms with Crippen molar-refractivity contribution >= 4 is 0 Å². The van der Waals surface area contributed by atoms with Gasteiger partial charge in [-0.1, -0.05) is 73.1 Å². The minimum absolute atomic E-state index is 0.515. The molecule has 0 aromatic carbocycles. The lowest BCUT2D eigenvalue weighted by molar-refractivity contribution is 0.0770. The van der Waals surface area contributed by atoms with Gasteiger partial charge in [0.15, 0.2) is 0 Å². The zero-order chi connectivity index (χ0) is 21.3. The van der Waals surface area contributed by atoms with Crippen molar-refractivity contribution in [3.63, 3.8) is 0 Å². The molecule has 4 aliphatic carbocycles. The van der Waals surface area contributed by atoms with E-state index in [4.69, 9.17) is 0 Å². The Labute approximate surface area is 189 Å². The summed E-state index contributed by atoms with van der Waals surface area (Å²) in [5, 5.41) is 0. The van der Waals surface area contributed by atoms with E-state index in [1.165, 1.54) is 44.9 Å². The minimum atomic E-state index is 0.515. The van der Waals surface area contributed by atoms with Crippen LogP contribution in [0.4, 0.5) is 0 Å². The van der Waals surface area contributed by atoms with E-state index < -0.39 is 0 Å². The summed E-state index contributed by atoms with van der Waals surface area (Å²) >= 11 is 0. The topological polar surface area (TPSA) is 0 Å². The molecule has 0 heterocycles. The van der Waals surface area contributed by atoms with Gasteiger partial charge in [-0.05, 0) is 116 Å². The first-order valence-electron chi connectivity index (χ1n) is 14.4. The largest absolute Gasteiger partial charge is 0.0651 e. The third-order valence-electron chi connectivity index (χ3n) is 11.2. The van der Waals surface area contributed by atoms with Crippen LogP contribution in [0.1, 0.15) is 131 Å². The Hall–Kier alpha value is 0. The zero-order valence-electron chi connectivity index (χ0n) is 21.3. The van der Waals surface area contributed by atoms with Crippen LogP contribution in [0.3, 0.4) is 0 Å². The SMILES string of the molecule is CCC1CC(C(C)(C)C)CCC1CC1CCC(C2CCC(C3CCCCC3)C2)C1C. The fraction of sp³-hybridized carbons (Fsp3) is 1.00. The molecule has 0 nitrogen and oxygen atoms in total. The summed E-state index contributed by atoms with van der Waals surface area (Å²) in [6.45, 7) is 12.6. The van der Waals surface area contributed by atoms with Crippen molar-refractivity contribution in [3.05, 3.63) is 0 Å². The molecule has 4 saturated carbocycles. The maximum atomic E-state index is 2.68. The molecule has 8 unspecified atom stereocenters. The molecule has 0 heteroatoms. The molecule has 0 radical (unpaired) electrons. The van der Waals surface area contributed by atoms with Gasteiger partial charge in [0.1, 0.15) is 0 Å². The normalized spacial score (nSPS) is 43.9. The van der Waals surface area contributed by atoms with Crippen LogP contribution in [0, 0.1) is 58.7 Å². The molecule has 4 rings (SSSR count). The predicted molar refractivity (Wildman–Crippen MR) is 131 cm³/mol. The van der Waals surface area contributed by atoms with E-state index in [0.717, 1.165) is 53.3 Å². The number of hydrogen-bond donors (Lipinski definition) is 0. The maximum absolute atomic E-state index is 2.68. The highest BCUT2D eigenvalue weighted by Gasteiger charge is 2.43. The molecular formula is C30H54. The standard InChI is InChI=1S/C30H54/c1-6-22-20-28(30(3,4)5)16-14-25(22)18-24-15-17-29(21(24)2)27-13-12-26(19-27)23-10-8-7-9-11-23/h21-29H,6-20H2,1-5H3. The van der Waals surface area contributed by atoms with Crippen LogP contribution < -0.4 is 0 Å². The maximum Gasteiger partial charge on any atom is -0.0354 e. The molecular weight excluding hydrogens is 360 g/mol. The Balaban J connectivity index is 1.29. The Morgan fingerprint density at radius 1 is 0.633 bits per heavy atom.